The van der Waals surface area contributed by atoms with Crippen LogP contribution in [0.4, 0.5) is 0 Å². The summed E-state index contributed by atoms with van der Waals surface area (Å²) in [5.41, 5.74) is 1.87. The molecule has 1 aromatic rings. The summed E-state index contributed by atoms with van der Waals surface area (Å²) in [6.07, 6.45) is 0. The van der Waals surface area contributed by atoms with Crippen LogP contribution in [-0.2, 0) is 16.6 Å². The average Bonchev–Trinajstić information content (AvgIpc) is 2.65. The molecule has 0 saturated carbocycles. The number of hydrogen-bond donors (Lipinski definition) is 2. The molecule has 172 valence electrons. The third-order valence-electron chi connectivity index (χ3n) is 4.32. The molecule has 0 atom stereocenters. The minimum absolute atomic E-state index is 0. The van der Waals surface area contributed by atoms with Gasteiger partial charge >= 0.3 is 0 Å². The van der Waals surface area contributed by atoms with E-state index < -0.39 is 10.0 Å². The first-order valence-electron chi connectivity index (χ1n) is 9.89. The highest BCUT2D eigenvalue weighted by Crippen LogP contribution is 2.24. The number of nitrogens with zero attached hydrogens (tertiary/aromatic N) is 2. The fourth-order valence-electron chi connectivity index (χ4n) is 2.88. The number of aliphatic imine (C=N–C) groups is 1. The van der Waals surface area contributed by atoms with E-state index in [0.29, 0.717) is 32.1 Å². The molecule has 1 heterocycles. The van der Waals surface area contributed by atoms with Gasteiger partial charge in [-0.05, 0) is 39.3 Å². The van der Waals surface area contributed by atoms with E-state index in [-0.39, 0.29) is 35.3 Å². The van der Waals surface area contributed by atoms with Crippen LogP contribution >= 0.6 is 35.7 Å². The maximum absolute atomic E-state index is 12.4. The van der Waals surface area contributed by atoms with Gasteiger partial charge in [-0.25, -0.2) is 12.7 Å². The van der Waals surface area contributed by atoms with Gasteiger partial charge in [0, 0.05) is 50.3 Å². The second-order valence-electron chi connectivity index (χ2n) is 8.01. The molecule has 10 heteroatoms. The van der Waals surface area contributed by atoms with E-state index in [1.165, 1.54) is 0 Å². The molecule has 1 fully saturated rings. The predicted molar refractivity (Wildman–Crippen MR) is 138 cm³/mol. The van der Waals surface area contributed by atoms with Gasteiger partial charge < -0.3 is 15.4 Å². The topological polar surface area (TPSA) is 83.0 Å². The van der Waals surface area contributed by atoms with Crippen molar-refractivity contribution in [3.8, 4) is 5.75 Å². The normalized spacial score (nSPS) is 16.0. The smallest absolute Gasteiger partial charge is 0.215 e. The first-order valence-corrected chi connectivity index (χ1v) is 12.7. The lowest BCUT2D eigenvalue weighted by atomic mass is 10.1. The molecule has 1 aromatic carbocycles. The molecule has 0 aliphatic carbocycles. The monoisotopic (exact) mass is 570 g/mol. The van der Waals surface area contributed by atoms with Crippen molar-refractivity contribution in [1.82, 2.24) is 14.9 Å². The minimum Gasteiger partial charge on any atom is -0.488 e. The van der Waals surface area contributed by atoms with Crippen molar-refractivity contribution in [2.45, 2.75) is 39.8 Å². The SMILES string of the molecule is CN=C(NCCS(=O)(=O)N1CCSCC1)NCc1ccc(C)cc1OC(C)(C)C.I. The van der Waals surface area contributed by atoms with Crippen LogP contribution in [0, 0.1) is 6.92 Å². The Morgan fingerprint density at radius 3 is 2.50 bits per heavy atom. The number of halogens is 1. The molecule has 2 rings (SSSR count). The number of benzene rings is 1. The molecule has 0 aromatic heterocycles. The Kier molecular flexibility index (Phi) is 11.2. The number of ether oxygens (including phenoxy) is 1. The van der Waals surface area contributed by atoms with E-state index in [1.54, 1.807) is 23.1 Å². The lowest BCUT2D eigenvalue weighted by Crippen LogP contribution is -2.44. The lowest BCUT2D eigenvalue weighted by molar-refractivity contribution is 0.129. The van der Waals surface area contributed by atoms with Crippen molar-refractivity contribution in [2.24, 2.45) is 4.99 Å². The first kappa shape index (κ1) is 27.3. The highest BCUT2D eigenvalue weighted by Gasteiger charge is 2.23. The van der Waals surface area contributed by atoms with Gasteiger partial charge in [-0.2, -0.15) is 11.8 Å². The lowest BCUT2D eigenvalue weighted by Gasteiger charge is -2.26. The minimum atomic E-state index is -3.23. The number of sulfonamides is 1. The van der Waals surface area contributed by atoms with Gasteiger partial charge in [0.2, 0.25) is 10.0 Å². The molecule has 7 nitrogen and oxygen atoms in total. The van der Waals surface area contributed by atoms with E-state index in [2.05, 4.69) is 15.6 Å². The van der Waals surface area contributed by atoms with Gasteiger partial charge in [-0.15, -0.1) is 24.0 Å². The van der Waals surface area contributed by atoms with Crippen LogP contribution in [0.25, 0.3) is 0 Å². The van der Waals surface area contributed by atoms with Crippen LogP contribution < -0.4 is 15.4 Å². The Labute approximate surface area is 202 Å². The van der Waals surface area contributed by atoms with Crippen LogP contribution in [0.3, 0.4) is 0 Å². The van der Waals surface area contributed by atoms with E-state index in [9.17, 15) is 8.42 Å². The highest BCUT2D eigenvalue weighted by atomic mass is 127. The van der Waals surface area contributed by atoms with E-state index >= 15 is 0 Å². The van der Waals surface area contributed by atoms with Crippen LogP contribution in [0.15, 0.2) is 23.2 Å². The highest BCUT2D eigenvalue weighted by molar-refractivity contribution is 14.0. The van der Waals surface area contributed by atoms with Crippen LogP contribution in [0.2, 0.25) is 0 Å². The van der Waals surface area contributed by atoms with Gasteiger partial charge in [-0.1, -0.05) is 12.1 Å². The summed E-state index contributed by atoms with van der Waals surface area (Å²) in [6, 6.07) is 6.11. The van der Waals surface area contributed by atoms with Crippen molar-refractivity contribution in [3.63, 3.8) is 0 Å². The summed E-state index contributed by atoms with van der Waals surface area (Å²) >= 11 is 1.80. The number of aryl methyl sites for hydroxylation is 1. The first-order chi connectivity index (χ1) is 13.6. The third-order valence-corrected chi connectivity index (χ3v) is 7.14. The Hall–Kier alpha value is -0.720. The summed E-state index contributed by atoms with van der Waals surface area (Å²) in [4.78, 5) is 4.20. The molecule has 1 aliphatic rings. The van der Waals surface area contributed by atoms with Crippen molar-refractivity contribution in [2.75, 3.05) is 43.9 Å². The molecule has 0 amide bonds. The van der Waals surface area contributed by atoms with Crippen molar-refractivity contribution in [1.29, 1.82) is 0 Å². The van der Waals surface area contributed by atoms with Gasteiger partial charge in [0.1, 0.15) is 11.4 Å². The molecule has 0 bridgehead atoms. The van der Waals surface area contributed by atoms with E-state index in [1.807, 2.05) is 45.9 Å². The molecule has 1 saturated heterocycles. The van der Waals surface area contributed by atoms with Gasteiger partial charge in [-0.3, -0.25) is 4.99 Å². The van der Waals surface area contributed by atoms with Crippen molar-refractivity contribution < 1.29 is 13.2 Å². The summed E-state index contributed by atoms with van der Waals surface area (Å²) in [5.74, 6) is 3.20. The Bertz CT molecular complexity index is 805. The Morgan fingerprint density at radius 1 is 1.23 bits per heavy atom. The average molecular weight is 571 g/mol. The molecular formula is C20H35IN4O3S2. The fourth-order valence-corrected chi connectivity index (χ4v) is 5.38. The van der Waals surface area contributed by atoms with Crippen molar-refractivity contribution >= 4 is 51.7 Å². The number of guanidine groups is 1. The van der Waals surface area contributed by atoms with Gasteiger partial charge in [0.05, 0.1) is 5.75 Å². The van der Waals surface area contributed by atoms with E-state index in [0.717, 1.165) is 28.4 Å². The molecule has 30 heavy (non-hydrogen) atoms. The molecule has 1 aliphatic heterocycles. The molecule has 0 radical (unpaired) electrons. The summed E-state index contributed by atoms with van der Waals surface area (Å²) in [7, 11) is -1.56. The maximum atomic E-state index is 12.4. The quantitative estimate of drug-likeness (QED) is 0.298. The standard InChI is InChI=1S/C20H34N4O3S2.HI/c1-16-6-7-17(18(14-16)27-20(2,3)4)15-23-19(21-5)22-8-13-29(25,26)24-9-11-28-12-10-24;/h6-7,14H,8-13,15H2,1-5H3,(H2,21,22,23);1H. The molecule has 0 unspecified atom stereocenters. The molecule has 2 N–H and O–H groups in total. The van der Waals surface area contributed by atoms with Crippen LogP contribution in [0.5, 0.6) is 5.75 Å². The largest absolute Gasteiger partial charge is 0.488 e. The van der Waals surface area contributed by atoms with Crippen molar-refractivity contribution in [3.05, 3.63) is 29.3 Å². The molecular weight excluding hydrogens is 535 g/mol. The summed E-state index contributed by atoms with van der Waals surface area (Å²) < 4.78 is 32.6. The second-order valence-corrected chi connectivity index (χ2v) is 11.3. The Morgan fingerprint density at radius 2 is 1.90 bits per heavy atom. The Balaban J connectivity index is 0.00000450. The number of thioether (sulfide) groups is 1. The maximum Gasteiger partial charge on any atom is 0.215 e. The zero-order valence-electron chi connectivity index (χ0n) is 18.5. The van der Waals surface area contributed by atoms with Gasteiger partial charge in [0.15, 0.2) is 5.96 Å². The molecule has 0 spiro atoms. The second kappa shape index (κ2) is 12.4. The summed E-state index contributed by atoms with van der Waals surface area (Å²) in [5, 5.41) is 6.35. The number of rotatable bonds is 7. The van der Waals surface area contributed by atoms with E-state index in [4.69, 9.17) is 4.74 Å². The van der Waals surface area contributed by atoms with Crippen LogP contribution in [0.1, 0.15) is 31.9 Å². The number of nitrogens with one attached hydrogen (secondary N) is 2. The number of hydrogen-bond acceptors (Lipinski definition) is 5. The zero-order chi connectivity index (χ0) is 21.5. The predicted octanol–water partition coefficient (Wildman–Crippen LogP) is 2.83. The zero-order valence-corrected chi connectivity index (χ0v) is 22.5. The fraction of sp³-hybridized carbons (Fsp3) is 0.650. The summed E-state index contributed by atoms with van der Waals surface area (Å²) in [6.45, 7) is 10.1. The van der Waals surface area contributed by atoms with Gasteiger partial charge in [0.25, 0.3) is 0 Å². The van der Waals surface area contributed by atoms with Crippen LogP contribution in [-0.4, -0.2) is 68.2 Å². The third kappa shape index (κ3) is 9.19.